The molecule has 0 aliphatic carbocycles. The molecule has 0 saturated heterocycles. The number of benzene rings is 2. The van der Waals surface area contributed by atoms with Gasteiger partial charge in [0.2, 0.25) is 0 Å². The van der Waals surface area contributed by atoms with E-state index in [0.717, 1.165) is 0 Å². The highest BCUT2D eigenvalue weighted by Gasteiger charge is 2.13. The average Bonchev–Trinajstić information content (AvgIpc) is 3.06. The van der Waals surface area contributed by atoms with E-state index in [1.165, 1.54) is 29.5 Å². The maximum absolute atomic E-state index is 9.98. The van der Waals surface area contributed by atoms with Crippen molar-refractivity contribution in [2.24, 2.45) is 10.6 Å². The van der Waals surface area contributed by atoms with Gasteiger partial charge in [0.15, 0.2) is 11.5 Å². The topological polar surface area (TPSA) is 96.5 Å². The van der Waals surface area contributed by atoms with Crippen LogP contribution in [0.3, 0.4) is 0 Å². The first-order valence-corrected chi connectivity index (χ1v) is 7.42. The van der Waals surface area contributed by atoms with Crippen molar-refractivity contribution in [3.8, 4) is 34.3 Å². The Morgan fingerprint density at radius 3 is 2.61 bits per heavy atom. The SMILES string of the molecule is Oc1cccc(ON=NOc2cccc(O)c2-c2cscn2)c1. The third-order valence-electron chi connectivity index (χ3n) is 2.83. The number of nitrogens with zero attached hydrogens (tertiary/aromatic N) is 3. The van der Waals surface area contributed by atoms with Crippen LogP contribution in [0.25, 0.3) is 11.3 Å². The van der Waals surface area contributed by atoms with E-state index in [2.05, 4.69) is 15.5 Å². The molecule has 2 aromatic carbocycles. The van der Waals surface area contributed by atoms with Crippen molar-refractivity contribution in [2.45, 2.75) is 0 Å². The molecule has 0 atom stereocenters. The zero-order valence-electron chi connectivity index (χ0n) is 11.7. The van der Waals surface area contributed by atoms with Crippen LogP contribution in [0.2, 0.25) is 0 Å². The molecule has 7 nitrogen and oxygen atoms in total. The molecule has 0 aliphatic heterocycles. The summed E-state index contributed by atoms with van der Waals surface area (Å²) >= 11 is 1.40. The van der Waals surface area contributed by atoms with Gasteiger partial charge in [0.1, 0.15) is 11.5 Å². The van der Waals surface area contributed by atoms with E-state index in [1.807, 2.05) is 0 Å². The van der Waals surface area contributed by atoms with E-state index >= 15 is 0 Å². The first-order valence-electron chi connectivity index (χ1n) is 6.48. The Hall–Kier alpha value is -3.13. The van der Waals surface area contributed by atoms with E-state index in [1.54, 1.807) is 35.2 Å². The third kappa shape index (κ3) is 3.55. The minimum absolute atomic E-state index is 0.0255. The highest BCUT2D eigenvalue weighted by atomic mass is 32.1. The van der Waals surface area contributed by atoms with Crippen molar-refractivity contribution in [3.63, 3.8) is 0 Å². The second-order valence-electron chi connectivity index (χ2n) is 4.37. The van der Waals surface area contributed by atoms with Crippen molar-refractivity contribution >= 4 is 11.3 Å². The normalized spacial score (nSPS) is 10.8. The molecule has 3 rings (SSSR count). The molecule has 116 valence electrons. The van der Waals surface area contributed by atoms with Crippen LogP contribution in [0.5, 0.6) is 23.0 Å². The number of hydrogen-bond acceptors (Lipinski definition) is 8. The fourth-order valence-corrected chi connectivity index (χ4v) is 2.40. The van der Waals surface area contributed by atoms with Gasteiger partial charge in [-0.15, -0.1) is 11.3 Å². The maximum Gasteiger partial charge on any atom is 0.173 e. The van der Waals surface area contributed by atoms with Crippen molar-refractivity contribution in [1.82, 2.24) is 4.98 Å². The largest absolute Gasteiger partial charge is 0.508 e. The van der Waals surface area contributed by atoms with Crippen LogP contribution < -0.4 is 9.68 Å². The molecule has 0 unspecified atom stereocenters. The molecule has 0 amide bonds. The number of aromatic nitrogens is 1. The summed E-state index contributed by atoms with van der Waals surface area (Å²) in [5.74, 6) is 0.682. The minimum Gasteiger partial charge on any atom is -0.508 e. The van der Waals surface area contributed by atoms with Gasteiger partial charge in [0.25, 0.3) is 0 Å². The average molecular weight is 329 g/mol. The van der Waals surface area contributed by atoms with Gasteiger partial charge in [0, 0.05) is 11.4 Å². The Morgan fingerprint density at radius 2 is 1.83 bits per heavy atom. The van der Waals surface area contributed by atoms with E-state index in [9.17, 15) is 10.2 Å². The zero-order valence-corrected chi connectivity index (χ0v) is 12.5. The molecule has 0 radical (unpaired) electrons. The van der Waals surface area contributed by atoms with Gasteiger partial charge >= 0.3 is 0 Å². The standard InChI is InChI=1S/C15H11N3O4S/c19-10-3-1-4-11(7-10)21-17-18-22-14-6-2-5-13(20)15(14)12-8-23-9-16-12/h1-9,19-20H. The molecule has 2 N–H and O–H groups in total. The quantitative estimate of drug-likeness (QED) is 0.545. The van der Waals surface area contributed by atoms with Crippen LogP contribution in [0.4, 0.5) is 0 Å². The van der Waals surface area contributed by atoms with Gasteiger partial charge in [-0.05, 0) is 24.3 Å². The molecule has 23 heavy (non-hydrogen) atoms. The summed E-state index contributed by atoms with van der Waals surface area (Å²) in [6.07, 6.45) is 0. The van der Waals surface area contributed by atoms with Crippen LogP contribution in [-0.4, -0.2) is 15.2 Å². The van der Waals surface area contributed by atoms with Gasteiger partial charge in [-0.25, -0.2) is 4.98 Å². The molecular formula is C15H11N3O4S. The van der Waals surface area contributed by atoms with Crippen molar-refractivity contribution in [2.75, 3.05) is 0 Å². The first-order chi connectivity index (χ1) is 11.2. The van der Waals surface area contributed by atoms with Gasteiger partial charge in [-0.2, -0.15) is 0 Å². The highest BCUT2D eigenvalue weighted by molar-refractivity contribution is 7.07. The molecule has 3 aromatic rings. The Labute approximate surface area is 135 Å². The predicted octanol–water partition coefficient (Wildman–Crippen LogP) is 3.96. The van der Waals surface area contributed by atoms with Gasteiger partial charge in [-0.1, -0.05) is 12.1 Å². The summed E-state index contributed by atoms with van der Waals surface area (Å²) in [4.78, 5) is 14.3. The lowest BCUT2D eigenvalue weighted by molar-refractivity contribution is 0.208. The van der Waals surface area contributed by atoms with Crippen molar-refractivity contribution in [3.05, 3.63) is 53.4 Å². The predicted molar refractivity (Wildman–Crippen MR) is 83.4 cm³/mol. The van der Waals surface area contributed by atoms with E-state index in [-0.39, 0.29) is 11.5 Å². The van der Waals surface area contributed by atoms with E-state index < -0.39 is 0 Å². The second kappa shape index (κ2) is 6.75. The first kappa shape index (κ1) is 14.8. The van der Waals surface area contributed by atoms with Crippen LogP contribution in [0, 0.1) is 0 Å². The van der Waals surface area contributed by atoms with Gasteiger partial charge < -0.3 is 19.9 Å². The number of rotatable bonds is 5. The number of aromatic hydroxyl groups is 2. The summed E-state index contributed by atoms with van der Waals surface area (Å²) in [6.45, 7) is 0. The Bertz CT molecular complexity index is 821. The zero-order chi connectivity index (χ0) is 16.1. The Morgan fingerprint density at radius 1 is 1.00 bits per heavy atom. The van der Waals surface area contributed by atoms with Crippen LogP contribution in [-0.2, 0) is 0 Å². The lowest BCUT2D eigenvalue weighted by Crippen LogP contribution is -1.89. The van der Waals surface area contributed by atoms with Crippen LogP contribution in [0.1, 0.15) is 0 Å². The number of phenols is 2. The fraction of sp³-hybridized carbons (Fsp3) is 0. The summed E-state index contributed by atoms with van der Waals surface area (Å²) in [7, 11) is 0. The molecule has 1 aromatic heterocycles. The molecular weight excluding hydrogens is 318 g/mol. The van der Waals surface area contributed by atoms with Gasteiger partial charge in [-0.3, -0.25) is 0 Å². The number of phenolic OH excluding ortho intramolecular Hbond substituents is 2. The summed E-state index contributed by atoms with van der Waals surface area (Å²) in [5, 5.41) is 28.0. The Balaban J connectivity index is 1.74. The summed E-state index contributed by atoms with van der Waals surface area (Å²) in [5.41, 5.74) is 2.65. The number of thiazole rings is 1. The molecule has 1 heterocycles. The monoisotopic (exact) mass is 329 g/mol. The van der Waals surface area contributed by atoms with E-state index in [0.29, 0.717) is 22.8 Å². The minimum atomic E-state index is 0.0255. The molecule has 0 aliphatic rings. The summed E-state index contributed by atoms with van der Waals surface area (Å²) in [6, 6.07) is 10.9. The molecule has 0 bridgehead atoms. The van der Waals surface area contributed by atoms with Gasteiger partial charge in [0.05, 0.1) is 27.3 Å². The Kier molecular flexibility index (Phi) is 4.34. The smallest absolute Gasteiger partial charge is 0.173 e. The van der Waals surface area contributed by atoms with Crippen LogP contribution in [0.15, 0.2) is 63.9 Å². The molecule has 0 saturated carbocycles. The fourth-order valence-electron chi connectivity index (χ4n) is 1.85. The lowest BCUT2D eigenvalue weighted by atomic mass is 10.1. The van der Waals surface area contributed by atoms with E-state index in [4.69, 9.17) is 9.68 Å². The third-order valence-corrected chi connectivity index (χ3v) is 3.42. The maximum atomic E-state index is 9.98. The summed E-state index contributed by atoms with van der Waals surface area (Å²) < 4.78 is 0. The van der Waals surface area contributed by atoms with Crippen molar-refractivity contribution in [1.29, 1.82) is 0 Å². The molecule has 0 spiro atoms. The highest BCUT2D eigenvalue weighted by Crippen LogP contribution is 2.37. The lowest BCUT2D eigenvalue weighted by Gasteiger charge is -2.06. The molecule has 0 fully saturated rings. The van der Waals surface area contributed by atoms with Crippen molar-refractivity contribution < 1.29 is 19.9 Å². The molecule has 8 heteroatoms. The second-order valence-corrected chi connectivity index (χ2v) is 5.09. The van der Waals surface area contributed by atoms with Crippen LogP contribution >= 0.6 is 11.3 Å². The number of hydrogen-bond donors (Lipinski definition) is 2.